The molecule has 21 heavy (non-hydrogen) atoms. The molecule has 2 amide bonds. The lowest BCUT2D eigenvalue weighted by molar-refractivity contribution is -0.141. The first-order valence-corrected chi connectivity index (χ1v) is 7.39. The standard InChI is InChI=1S/C15H22N4O2/c1-2-18-15(21)13-11-17-9-10-19(13)14(20)4-3-12-5-7-16-8-6-12/h5-8,13,17H,2-4,9-11H2,1H3,(H,18,21). The first kappa shape index (κ1) is 15.4. The minimum absolute atomic E-state index is 0.0320. The Morgan fingerprint density at radius 3 is 2.90 bits per heavy atom. The van der Waals surface area contributed by atoms with E-state index in [0.29, 0.717) is 32.5 Å². The van der Waals surface area contributed by atoms with Gasteiger partial charge in [0.2, 0.25) is 11.8 Å². The highest BCUT2D eigenvalue weighted by Crippen LogP contribution is 2.09. The number of aryl methyl sites for hydroxylation is 1. The van der Waals surface area contributed by atoms with Gasteiger partial charge in [0, 0.05) is 45.0 Å². The second kappa shape index (κ2) is 7.73. The molecule has 6 nitrogen and oxygen atoms in total. The molecule has 1 aliphatic rings. The van der Waals surface area contributed by atoms with Gasteiger partial charge >= 0.3 is 0 Å². The molecule has 2 N–H and O–H groups in total. The molecule has 114 valence electrons. The van der Waals surface area contributed by atoms with Crippen LogP contribution in [0.2, 0.25) is 0 Å². The number of aromatic nitrogens is 1. The Labute approximate surface area is 124 Å². The lowest BCUT2D eigenvalue weighted by Gasteiger charge is -2.35. The quantitative estimate of drug-likeness (QED) is 0.797. The number of hydrogen-bond acceptors (Lipinski definition) is 4. The van der Waals surface area contributed by atoms with Crippen LogP contribution in [0.5, 0.6) is 0 Å². The molecule has 0 spiro atoms. The summed E-state index contributed by atoms with van der Waals surface area (Å²) in [6.45, 7) is 4.29. The van der Waals surface area contributed by atoms with E-state index in [9.17, 15) is 9.59 Å². The minimum Gasteiger partial charge on any atom is -0.355 e. The van der Waals surface area contributed by atoms with Gasteiger partial charge in [0.1, 0.15) is 6.04 Å². The average Bonchev–Trinajstić information content (AvgIpc) is 2.54. The van der Waals surface area contributed by atoms with E-state index < -0.39 is 6.04 Å². The van der Waals surface area contributed by atoms with Gasteiger partial charge in [-0.1, -0.05) is 0 Å². The van der Waals surface area contributed by atoms with Crippen LogP contribution in [0.4, 0.5) is 0 Å². The fourth-order valence-corrected chi connectivity index (χ4v) is 2.47. The van der Waals surface area contributed by atoms with Crippen molar-refractivity contribution in [3.63, 3.8) is 0 Å². The highest BCUT2D eigenvalue weighted by atomic mass is 16.2. The van der Waals surface area contributed by atoms with Crippen LogP contribution in [0.1, 0.15) is 18.9 Å². The molecular formula is C15H22N4O2. The maximum absolute atomic E-state index is 12.4. The molecule has 1 unspecified atom stereocenters. The number of amides is 2. The molecule has 2 rings (SSSR count). The summed E-state index contributed by atoms with van der Waals surface area (Å²) >= 11 is 0. The first-order valence-electron chi connectivity index (χ1n) is 7.39. The second-order valence-electron chi connectivity index (χ2n) is 5.06. The third kappa shape index (κ3) is 4.26. The van der Waals surface area contributed by atoms with Crippen molar-refractivity contribution < 1.29 is 9.59 Å². The fraction of sp³-hybridized carbons (Fsp3) is 0.533. The van der Waals surface area contributed by atoms with Crippen molar-refractivity contribution in [2.75, 3.05) is 26.2 Å². The molecule has 1 fully saturated rings. The van der Waals surface area contributed by atoms with E-state index in [-0.39, 0.29) is 11.8 Å². The van der Waals surface area contributed by atoms with Crippen LogP contribution in [0.15, 0.2) is 24.5 Å². The molecule has 2 heterocycles. The van der Waals surface area contributed by atoms with Crippen LogP contribution in [0, 0.1) is 0 Å². The van der Waals surface area contributed by atoms with Crippen molar-refractivity contribution in [2.24, 2.45) is 0 Å². The summed E-state index contributed by atoms with van der Waals surface area (Å²) in [7, 11) is 0. The molecule has 6 heteroatoms. The summed E-state index contributed by atoms with van der Waals surface area (Å²) in [5.74, 6) is -0.0495. The summed E-state index contributed by atoms with van der Waals surface area (Å²) in [6, 6.07) is 3.42. The Morgan fingerprint density at radius 1 is 1.43 bits per heavy atom. The number of carbonyl (C=O) groups excluding carboxylic acids is 2. The van der Waals surface area contributed by atoms with E-state index >= 15 is 0 Å². The largest absolute Gasteiger partial charge is 0.355 e. The number of rotatable bonds is 5. The summed E-state index contributed by atoms with van der Waals surface area (Å²) in [6.07, 6.45) is 4.54. The van der Waals surface area contributed by atoms with Gasteiger partial charge in [-0.3, -0.25) is 14.6 Å². The van der Waals surface area contributed by atoms with E-state index in [1.165, 1.54) is 0 Å². The van der Waals surface area contributed by atoms with Crippen LogP contribution in [-0.4, -0.2) is 53.9 Å². The summed E-state index contributed by atoms with van der Waals surface area (Å²) in [5.41, 5.74) is 1.09. The third-order valence-corrected chi connectivity index (χ3v) is 3.59. The van der Waals surface area contributed by atoms with Crippen LogP contribution >= 0.6 is 0 Å². The van der Waals surface area contributed by atoms with Gasteiger partial charge in [0.05, 0.1) is 0 Å². The SMILES string of the molecule is CCNC(=O)C1CNCCN1C(=O)CCc1ccncc1. The smallest absolute Gasteiger partial charge is 0.244 e. The number of likely N-dealkylation sites (N-methyl/N-ethyl adjacent to an activating group) is 1. The van der Waals surface area contributed by atoms with E-state index in [1.807, 2.05) is 19.1 Å². The highest BCUT2D eigenvalue weighted by Gasteiger charge is 2.31. The predicted molar refractivity (Wildman–Crippen MR) is 79.6 cm³/mol. The number of piperazine rings is 1. The van der Waals surface area contributed by atoms with Gasteiger partial charge in [0.25, 0.3) is 0 Å². The molecule has 0 radical (unpaired) electrons. The molecule has 0 bridgehead atoms. The zero-order chi connectivity index (χ0) is 15.1. The zero-order valence-electron chi connectivity index (χ0n) is 12.3. The lowest BCUT2D eigenvalue weighted by Crippen LogP contribution is -2.59. The fourth-order valence-electron chi connectivity index (χ4n) is 2.47. The normalized spacial score (nSPS) is 18.3. The molecule has 1 aromatic rings. The van der Waals surface area contributed by atoms with Crippen LogP contribution in [0.3, 0.4) is 0 Å². The van der Waals surface area contributed by atoms with Gasteiger partial charge < -0.3 is 15.5 Å². The average molecular weight is 290 g/mol. The number of carbonyl (C=O) groups is 2. The summed E-state index contributed by atoms with van der Waals surface area (Å²) < 4.78 is 0. The molecule has 1 aliphatic heterocycles. The van der Waals surface area contributed by atoms with Gasteiger partial charge in [-0.15, -0.1) is 0 Å². The third-order valence-electron chi connectivity index (χ3n) is 3.59. The number of nitrogens with zero attached hydrogens (tertiary/aromatic N) is 2. The van der Waals surface area contributed by atoms with E-state index in [1.54, 1.807) is 17.3 Å². The molecule has 0 saturated carbocycles. The molecule has 0 aliphatic carbocycles. The van der Waals surface area contributed by atoms with Gasteiger partial charge in [-0.05, 0) is 31.0 Å². The molecule has 0 aromatic carbocycles. The van der Waals surface area contributed by atoms with E-state index in [4.69, 9.17) is 0 Å². The Kier molecular flexibility index (Phi) is 5.68. The maximum Gasteiger partial charge on any atom is 0.244 e. The van der Waals surface area contributed by atoms with Crippen LogP contribution in [-0.2, 0) is 16.0 Å². The summed E-state index contributed by atoms with van der Waals surface area (Å²) in [5, 5.41) is 5.96. The topological polar surface area (TPSA) is 74.3 Å². The van der Waals surface area contributed by atoms with Gasteiger partial charge in [-0.2, -0.15) is 0 Å². The van der Waals surface area contributed by atoms with Crippen LogP contribution in [0.25, 0.3) is 0 Å². The lowest BCUT2D eigenvalue weighted by atomic mass is 10.1. The zero-order valence-corrected chi connectivity index (χ0v) is 12.3. The Balaban J connectivity index is 1.93. The van der Waals surface area contributed by atoms with E-state index in [2.05, 4.69) is 15.6 Å². The minimum atomic E-state index is -0.399. The molecule has 1 atom stereocenters. The Hall–Kier alpha value is -1.95. The van der Waals surface area contributed by atoms with Crippen molar-refractivity contribution >= 4 is 11.8 Å². The monoisotopic (exact) mass is 290 g/mol. The van der Waals surface area contributed by atoms with Crippen molar-refractivity contribution in [3.05, 3.63) is 30.1 Å². The van der Waals surface area contributed by atoms with E-state index in [0.717, 1.165) is 12.1 Å². The Bertz CT molecular complexity index is 478. The first-order chi connectivity index (χ1) is 10.2. The molecule has 1 saturated heterocycles. The number of hydrogen-bond donors (Lipinski definition) is 2. The van der Waals surface area contributed by atoms with Crippen molar-refractivity contribution in [2.45, 2.75) is 25.8 Å². The highest BCUT2D eigenvalue weighted by molar-refractivity contribution is 5.88. The van der Waals surface area contributed by atoms with Crippen molar-refractivity contribution in [1.29, 1.82) is 0 Å². The predicted octanol–water partition coefficient (Wildman–Crippen LogP) is -0.0493. The van der Waals surface area contributed by atoms with Gasteiger partial charge in [-0.25, -0.2) is 0 Å². The number of nitrogens with one attached hydrogen (secondary N) is 2. The molecule has 1 aromatic heterocycles. The van der Waals surface area contributed by atoms with Crippen molar-refractivity contribution in [1.82, 2.24) is 20.5 Å². The maximum atomic E-state index is 12.4. The molecular weight excluding hydrogens is 268 g/mol. The number of pyridine rings is 1. The Morgan fingerprint density at radius 2 is 2.19 bits per heavy atom. The second-order valence-corrected chi connectivity index (χ2v) is 5.06. The summed E-state index contributed by atoms with van der Waals surface area (Å²) in [4.78, 5) is 30.1. The van der Waals surface area contributed by atoms with Gasteiger partial charge in [0.15, 0.2) is 0 Å². The van der Waals surface area contributed by atoms with Crippen molar-refractivity contribution in [3.8, 4) is 0 Å². The van der Waals surface area contributed by atoms with Crippen LogP contribution < -0.4 is 10.6 Å².